The van der Waals surface area contributed by atoms with E-state index in [9.17, 15) is 4.79 Å². The molecule has 4 nitrogen and oxygen atoms in total. The van der Waals surface area contributed by atoms with Gasteiger partial charge in [0, 0.05) is 11.3 Å². The highest BCUT2D eigenvalue weighted by Crippen LogP contribution is 2.18. The molecule has 0 fully saturated rings. The molecule has 0 aromatic heterocycles. The van der Waals surface area contributed by atoms with E-state index in [1.165, 1.54) is 0 Å². The molecule has 0 saturated carbocycles. The Labute approximate surface area is 134 Å². The number of para-hydroxylation sites is 1. The average Bonchev–Trinajstić information content (AvgIpc) is 2.62. The Morgan fingerprint density at radius 3 is 1.78 bits per heavy atom. The molecule has 0 aliphatic carbocycles. The Morgan fingerprint density at radius 2 is 1.17 bits per heavy atom. The first kappa shape index (κ1) is 14.7. The summed E-state index contributed by atoms with van der Waals surface area (Å²) in [4.78, 5) is 12.1. The molecule has 4 heteroatoms. The van der Waals surface area contributed by atoms with Crippen LogP contribution in [0.1, 0.15) is 10.4 Å². The van der Waals surface area contributed by atoms with Gasteiger partial charge in [0.05, 0.1) is 11.4 Å². The van der Waals surface area contributed by atoms with Crippen molar-refractivity contribution in [2.75, 3.05) is 5.32 Å². The first-order valence-corrected chi connectivity index (χ1v) is 7.24. The lowest BCUT2D eigenvalue weighted by atomic mass is 10.2. The van der Waals surface area contributed by atoms with Crippen LogP contribution in [0.25, 0.3) is 0 Å². The predicted octanol–water partition coefficient (Wildman–Crippen LogP) is 5.35. The largest absolute Gasteiger partial charge is 0.322 e. The molecule has 1 amide bonds. The normalized spacial score (nSPS) is 10.6. The monoisotopic (exact) mass is 301 g/mol. The van der Waals surface area contributed by atoms with Crippen LogP contribution in [0.3, 0.4) is 0 Å². The highest BCUT2D eigenvalue weighted by molar-refractivity contribution is 6.04. The van der Waals surface area contributed by atoms with E-state index in [2.05, 4.69) is 15.5 Å². The number of rotatable bonds is 4. The zero-order chi connectivity index (χ0) is 15.9. The molecule has 0 spiro atoms. The quantitative estimate of drug-likeness (QED) is 0.648. The van der Waals surface area contributed by atoms with E-state index in [0.717, 1.165) is 11.4 Å². The highest BCUT2D eigenvalue weighted by atomic mass is 16.1. The van der Waals surface area contributed by atoms with E-state index in [-0.39, 0.29) is 5.91 Å². The fourth-order valence-corrected chi connectivity index (χ4v) is 2.01. The number of hydrogen-bond acceptors (Lipinski definition) is 3. The van der Waals surface area contributed by atoms with Crippen molar-refractivity contribution in [2.24, 2.45) is 10.2 Å². The summed E-state index contributed by atoms with van der Waals surface area (Å²) in [5.74, 6) is -0.150. The number of hydrogen-bond donors (Lipinski definition) is 1. The second-order valence-electron chi connectivity index (χ2n) is 4.90. The van der Waals surface area contributed by atoms with Crippen molar-refractivity contribution in [3.63, 3.8) is 0 Å². The highest BCUT2D eigenvalue weighted by Gasteiger charge is 2.05. The summed E-state index contributed by atoms with van der Waals surface area (Å²) in [6, 6.07) is 25.9. The fraction of sp³-hybridized carbons (Fsp3) is 0. The number of amides is 1. The van der Waals surface area contributed by atoms with Gasteiger partial charge in [-0.05, 0) is 48.5 Å². The van der Waals surface area contributed by atoms with Crippen LogP contribution >= 0.6 is 0 Å². The number of nitrogens with one attached hydrogen (secondary N) is 1. The molecule has 0 bridgehead atoms. The number of carbonyl (C=O) groups is 1. The molecule has 3 aromatic rings. The number of nitrogens with zero attached hydrogens (tertiary/aromatic N) is 2. The van der Waals surface area contributed by atoms with Gasteiger partial charge in [0.1, 0.15) is 0 Å². The fourth-order valence-electron chi connectivity index (χ4n) is 2.01. The van der Waals surface area contributed by atoms with Gasteiger partial charge < -0.3 is 5.32 Å². The van der Waals surface area contributed by atoms with Crippen LogP contribution in [-0.2, 0) is 0 Å². The average molecular weight is 301 g/mol. The summed E-state index contributed by atoms with van der Waals surface area (Å²) < 4.78 is 0. The Bertz CT molecular complexity index is 797. The number of azo groups is 1. The summed E-state index contributed by atoms with van der Waals surface area (Å²) in [7, 11) is 0. The molecule has 0 aliphatic rings. The van der Waals surface area contributed by atoms with E-state index in [4.69, 9.17) is 0 Å². The van der Waals surface area contributed by atoms with Gasteiger partial charge >= 0.3 is 0 Å². The van der Waals surface area contributed by atoms with Crippen molar-refractivity contribution in [3.8, 4) is 0 Å². The Kier molecular flexibility index (Phi) is 4.55. The summed E-state index contributed by atoms with van der Waals surface area (Å²) in [5.41, 5.74) is 2.83. The number of benzene rings is 3. The summed E-state index contributed by atoms with van der Waals surface area (Å²) in [6.45, 7) is 0. The second kappa shape index (κ2) is 7.13. The molecule has 112 valence electrons. The van der Waals surface area contributed by atoms with Crippen LogP contribution < -0.4 is 5.32 Å². The molecular formula is C19H15N3O. The van der Waals surface area contributed by atoms with Gasteiger partial charge in [-0.2, -0.15) is 10.2 Å². The number of anilines is 1. The molecule has 0 unspecified atom stereocenters. The van der Waals surface area contributed by atoms with Crippen LogP contribution in [0, 0.1) is 0 Å². The molecule has 0 aliphatic heterocycles. The second-order valence-corrected chi connectivity index (χ2v) is 4.90. The molecule has 0 saturated heterocycles. The maximum absolute atomic E-state index is 12.1. The molecule has 0 heterocycles. The zero-order valence-electron chi connectivity index (χ0n) is 12.4. The lowest BCUT2D eigenvalue weighted by Crippen LogP contribution is -2.11. The van der Waals surface area contributed by atoms with Crippen LogP contribution in [-0.4, -0.2) is 5.91 Å². The molecule has 3 rings (SSSR count). The summed E-state index contributed by atoms with van der Waals surface area (Å²) in [6.07, 6.45) is 0. The first-order chi connectivity index (χ1) is 11.3. The van der Waals surface area contributed by atoms with E-state index in [1.54, 1.807) is 24.3 Å². The van der Waals surface area contributed by atoms with Gasteiger partial charge in [0.25, 0.3) is 5.91 Å². The number of carbonyl (C=O) groups excluding carboxylic acids is 1. The maximum atomic E-state index is 12.1. The maximum Gasteiger partial charge on any atom is 0.255 e. The van der Waals surface area contributed by atoms with Crippen LogP contribution in [0.2, 0.25) is 0 Å². The minimum Gasteiger partial charge on any atom is -0.322 e. The molecule has 23 heavy (non-hydrogen) atoms. The minimum absolute atomic E-state index is 0.150. The predicted molar refractivity (Wildman–Crippen MR) is 91.5 cm³/mol. The third kappa shape index (κ3) is 4.11. The molecule has 0 atom stereocenters. The Balaban J connectivity index is 1.67. The minimum atomic E-state index is -0.150. The van der Waals surface area contributed by atoms with E-state index in [0.29, 0.717) is 11.3 Å². The summed E-state index contributed by atoms with van der Waals surface area (Å²) >= 11 is 0. The molecular weight excluding hydrogens is 286 g/mol. The topological polar surface area (TPSA) is 53.8 Å². The van der Waals surface area contributed by atoms with Gasteiger partial charge in [-0.3, -0.25) is 4.79 Å². The van der Waals surface area contributed by atoms with E-state index < -0.39 is 0 Å². The molecule has 1 N–H and O–H groups in total. The Hall–Kier alpha value is -3.27. The third-order valence-electron chi connectivity index (χ3n) is 3.20. The van der Waals surface area contributed by atoms with Gasteiger partial charge in [-0.1, -0.05) is 36.4 Å². The van der Waals surface area contributed by atoms with Crippen molar-refractivity contribution in [1.29, 1.82) is 0 Å². The smallest absolute Gasteiger partial charge is 0.255 e. The van der Waals surface area contributed by atoms with Crippen molar-refractivity contribution in [2.45, 2.75) is 0 Å². The Morgan fingerprint density at radius 1 is 0.652 bits per heavy atom. The first-order valence-electron chi connectivity index (χ1n) is 7.24. The van der Waals surface area contributed by atoms with E-state index >= 15 is 0 Å². The van der Waals surface area contributed by atoms with E-state index in [1.807, 2.05) is 60.7 Å². The zero-order valence-corrected chi connectivity index (χ0v) is 12.4. The van der Waals surface area contributed by atoms with Crippen molar-refractivity contribution in [3.05, 3.63) is 90.5 Å². The standard InChI is InChI=1S/C19H15N3O/c23-19(20-16-7-3-1-4-8-16)15-11-13-18(14-12-15)22-21-17-9-5-2-6-10-17/h1-14H,(H,20,23)/b22-21-. The third-order valence-corrected chi connectivity index (χ3v) is 3.20. The van der Waals surface area contributed by atoms with Gasteiger partial charge in [-0.15, -0.1) is 0 Å². The van der Waals surface area contributed by atoms with Crippen LogP contribution in [0.5, 0.6) is 0 Å². The van der Waals surface area contributed by atoms with Crippen molar-refractivity contribution in [1.82, 2.24) is 0 Å². The van der Waals surface area contributed by atoms with Crippen molar-refractivity contribution >= 4 is 23.0 Å². The van der Waals surface area contributed by atoms with Crippen molar-refractivity contribution < 1.29 is 4.79 Å². The van der Waals surface area contributed by atoms with Crippen LogP contribution in [0.4, 0.5) is 17.1 Å². The van der Waals surface area contributed by atoms with Gasteiger partial charge in [0.15, 0.2) is 0 Å². The molecule has 0 radical (unpaired) electrons. The summed E-state index contributed by atoms with van der Waals surface area (Å²) in [5, 5.41) is 11.1. The van der Waals surface area contributed by atoms with Gasteiger partial charge in [-0.25, -0.2) is 0 Å². The lowest BCUT2D eigenvalue weighted by Gasteiger charge is -2.04. The van der Waals surface area contributed by atoms with Crippen LogP contribution in [0.15, 0.2) is 95.2 Å². The molecule has 3 aromatic carbocycles. The SMILES string of the molecule is O=C(Nc1ccccc1)c1ccc(/N=N\c2ccccc2)cc1. The van der Waals surface area contributed by atoms with Gasteiger partial charge in [0.2, 0.25) is 0 Å². The lowest BCUT2D eigenvalue weighted by molar-refractivity contribution is 0.102.